The van der Waals surface area contributed by atoms with Gasteiger partial charge in [0.25, 0.3) is 5.91 Å². The number of rotatable bonds is 4. The molecule has 2 heterocycles. The highest BCUT2D eigenvalue weighted by Gasteiger charge is 2.47. The summed E-state index contributed by atoms with van der Waals surface area (Å²) < 4.78 is 13.9. The Bertz CT molecular complexity index is 842. The van der Waals surface area contributed by atoms with Gasteiger partial charge in [0.1, 0.15) is 17.3 Å². The van der Waals surface area contributed by atoms with Crippen LogP contribution in [0.1, 0.15) is 53.0 Å². The molecule has 0 bridgehead atoms. The van der Waals surface area contributed by atoms with E-state index in [1.165, 1.54) is 12.3 Å². The summed E-state index contributed by atoms with van der Waals surface area (Å²) in [6, 6.07) is 6.70. The molecule has 2 atom stereocenters. The number of amides is 2. The Morgan fingerprint density at radius 1 is 1.23 bits per heavy atom. The van der Waals surface area contributed by atoms with Gasteiger partial charge in [-0.3, -0.25) is 9.59 Å². The van der Waals surface area contributed by atoms with E-state index in [0.717, 1.165) is 25.1 Å². The van der Waals surface area contributed by atoms with Crippen molar-refractivity contribution in [2.24, 2.45) is 11.7 Å². The first-order valence-corrected chi connectivity index (χ1v) is 8.92. The predicted molar refractivity (Wildman–Crippen MR) is 92.9 cm³/mol. The van der Waals surface area contributed by atoms with Crippen LogP contribution in [-0.4, -0.2) is 39.8 Å². The Morgan fingerprint density at radius 2 is 1.96 bits per heavy atom. The largest absolute Gasteiger partial charge is 0.364 e. The van der Waals surface area contributed by atoms with Gasteiger partial charge in [-0.15, -0.1) is 0 Å². The molecule has 0 radical (unpaired) electrons. The number of piperidine rings is 1. The van der Waals surface area contributed by atoms with Gasteiger partial charge in [0.15, 0.2) is 0 Å². The lowest BCUT2D eigenvalue weighted by Crippen LogP contribution is -2.39. The number of H-pyrrole nitrogens is 1. The van der Waals surface area contributed by atoms with Crippen molar-refractivity contribution < 1.29 is 14.0 Å². The van der Waals surface area contributed by atoms with Crippen LogP contribution in [0.4, 0.5) is 4.39 Å². The van der Waals surface area contributed by atoms with Crippen molar-refractivity contribution in [2.75, 3.05) is 13.1 Å². The second-order valence-corrected chi connectivity index (χ2v) is 7.12. The summed E-state index contributed by atoms with van der Waals surface area (Å²) in [6.45, 7) is 1.30. The average molecular weight is 356 g/mol. The van der Waals surface area contributed by atoms with E-state index in [2.05, 4.69) is 9.97 Å². The van der Waals surface area contributed by atoms with Crippen LogP contribution in [-0.2, 0) is 4.79 Å². The maximum absolute atomic E-state index is 13.9. The van der Waals surface area contributed by atoms with Crippen molar-refractivity contribution in [1.82, 2.24) is 14.9 Å². The first kappa shape index (κ1) is 16.8. The first-order chi connectivity index (χ1) is 12.5. The van der Waals surface area contributed by atoms with Gasteiger partial charge in [-0.05, 0) is 36.8 Å². The van der Waals surface area contributed by atoms with Gasteiger partial charge in [0, 0.05) is 24.9 Å². The molecule has 1 saturated carbocycles. The molecule has 2 aliphatic rings. The van der Waals surface area contributed by atoms with Gasteiger partial charge < -0.3 is 15.6 Å². The van der Waals surface area contributed by atoms with Crippen LogP contribution in [0, 0.1) is 11.7 Å². The number of aromatic nitrogens is 2. The number of hydrogen-bond donors (Lipinski definition) is 2. The fraction of sp³-hybridized carbons (Fsp3) is 0.421. The Morgan fingerprint density at radius 3 is 2.62 bits per heavy atom. The Hall–Kier alpha value is -2.70. The minimum atomic E-state index is -0.524. The fourth-order valence-electron chi connectivity index (χ4n) is 3.86. The summed E-state index contributed by atoms with van der Waals surface area (Å²) in [5.74, 6) is 0.209. The number of hydrogen-bond acceptors (Lipinski definition) is 3. The SMILES string of the molecule is NC(=O)c1cnc(C2CCN(C(=O)[C@@H]3C[C@H]3c3ccccc3F)CC2)[nH]1. The summed E-state index contributed by atoms with van der Waals surface area (Å²) in [5, 5.41) is 0. The molecule has 1 aliphatic heterocycles. The molecule has 136 valence electrons. The third-order valence-electron chi connectivity index (χ3n) is 5.47. The number of nitrogens with zero attached hydrogens (tertiary/aromatic N) is 2. The van der Waals surface area contributed by atoms with Crippen molar-refractivity contribution >= 4 is 11.8 Å². The number of benzene rings is 1. The number of primary amides is 1. The van der Waals surface area contributed by atoms with Gasteiger partial charge in [0.2, 0.25) is 5.91 Å². The standard InChI is InChI=1S/C19H21FN4O2/c20-15-4-2-1-3-12(15)13-9-14(13)19(26)24-7-5-11(6-8-24)18-22-10-16(23-18)17(21)25/h1-4,10-11,13-14H,5-9H2,(H2,21,25)(H,22,23)/t13-,14+/m0/s1. The summed E-state index contributed by atoms with van der Waals surface area (Å²) in [4.78, 5) is 33.0. The number of nitrogens with one attached hydrogen (secondary N) is 1. The van der Waals surface area contributed by atoms with E-state index in [9.17, 15) is 14.0 Å². The second kappa shape index (κ2) is 6.55. The molecule has 2 fully saturated rings. The second-order valence-electron chi connectivity index (χ2n) is 7.12. The number of carbonyl (C=O) groups is 2. The molecule has 2 amide bonds. The summed E-state index contributed by atoms with van der Waals surface area (Å²) in [6.07, 6.45) is 3.75. The summed E-state index contributed by atoms with van der Waals surface area (Å²) in [7, 11) is 0. The van der Waals surface area contributed by atoms with Crippen LogP contribution in [0.15, 0.2) is 30.5 Å². The molecule has 26 heavy (non-hydrogen) atoms. The highest BCUT2D eigenvalue weighted by Crippen LogP contribution is 2.49. The van der Waals surface area contributed by atoms with E-state index < -0.39 is 5.91 Å². The normalized spacial score (nSPS) is 23.0. The van der Waals surface area contributed by atoms with Gasteiger partial charge in [0.05, 0.1) is 6.20 Å². The quantitative estimate of drug-likeness (QED) is 0.879. The summed E-state index contributed by atoms with van der Waals surface area (Å²) in [5.41, 5.74) is 6.20. The Labute approximate surface area is 150 Å². The zero-order valence-electron chi connectivity index (χ0n) is 14.3. The zero-order valence-corrected chi connectivity index (χ0v) is 14.3. The molecule has 6 nitrogen and oxygen atoms in total. The van der Waals surface area contributed by atoms with Gasteiger partial charge in [-0.1, -0.05) is 18.2 Å². The number of halogens is 1. The smallest absolute Gasteiger partial charge is 0.266 e. The molecular formula is C19H21FN4O2. The maximum atomic E-state index is 13.9. The third kappa shape index (κ3) is 3.09. The van der Waals surface area contributed by atoms with E-state index in [1.54, 1.807) is 12.1 Å². The average Bonchev–Trinajstić information content (AvgIpc) is 3.27. The molecule has 0 unspecified atom stereocenters. The topological polar surface area (TPSA) is 92.1 Å². The number of aromatic amines is 1. The van der Waals surface area contributed by atoms with E-state index in [4.69, 9.17) is 5.73 Å². The van der Waals surface area contributed by atoms with E-state index in [-0.39, 0.29) is 29.5 Å². The zero-order chi connectivity index (χ0) is 18.3. The Kier molecular flexibility index (Phi) is 4.22. The van der Waals surface area contributed by atoms with E-state index >= 15 is 0 Å². The van der Waals surface area contributed by atoms with Gasteiger partial charge >= 0.3 is 0 Å². The molecule has 4 rings (SSSR count). The number of likely N-dealkylation sites (tertiary alicyclic amines) is 1. The molecule has 2 aromatic rings. The molecule has 3 N–H and O–H groups in total. The highest BCUT2D eigenvalue weighted by molar-refractivity contribution is 5.90. The minimum absolute atomic E-state index is 0.00428. The molecular weight excluding hydrogens is 335 g/mol. The lowest BCUT2D eigenvalue weighted by molar-refractivity contribution is -0.133. The van der Waals surface area contributed by atoms with Crippen LogP contribution in [0.2, 0.25) is 0 Å². The molecule has 7 heteroatoms. The van der Waals surface area contributed by atoms with Crippen molar-refractivity contribution in [3.63, 3.8) is 0 Å². The first-order valence-electron chi connectivity index (χ1n) is 8.92. The predicted octanol–water partition coefficient (Wildman–Crippen LogP) is 2.16. The fourth-order valence-corrected chi connectivity index (χ4v) is 3.86. The van der Waals surface area contributed by atoms with Crippen LogP contribution in [0.3, 0.4) is 0 Å². The molecule has 0 spiro atoms. The number of nitrogens with two attached hydrogens (primary N) is 1. The lowest BCUT2D eigenvalue weighted by Gasteiger charge is -2.31. The van der Waals surface area contributed by atoms with Crippen molar-refractivity contribution in [3.05, 3.63) is 53.4 Å². The van der Waals surface area contributed by atoms with Crippen LogP contribution in [0.5, 0.6) is 0 Å². The third-order valence-corrected chi connectivity index (χ3v) is 5.47. The summed E-state index contributed by atoms with van der Waals surface area (Å²) >= 11 is 0. The van der Waals surface area contributed by atoms with Crippen molar-refractivity contribution in [3.8, 4) is 0 Å². The molecule has 1 aromatic heterocycles. The van der Waals surface area contributed by atoms with E-state index in [0.29, 0.717) is 24.3 Å². The van der Waals surface area contributed by atoms with Crippen LogP contribution < -0.4 is 5.73 Å². The van der Waals surface area contributed by atoms with Crippen molar-refractivity contribution in [2.45, 2.75) is 31.1 Å². The van der Waals surface area contributed by atoms with Crippen molar-refractivity contribution in [1.29, 1.82) is 0 Å². The van der Waals surface area contributed by atoms with Gasteiger partial charge in [-0.25, -0.2) is 9.37 Å². The maximum Gasteiger partial charge on any atom is 0.266 e. The van der Waals surface area contributed by atoms with E-state index in [1.807, 2.05) is 11.0 Å². The minimum Gasteiger partial charge on any atom is -0.364 e. The monoisotopic (exact) mass is 356 g/mol. The highest BCUT2D eigenvalue weighted by atomic mass is 19.1. The lowest BCUT2D eigenvalue weighted by atomic mass is 9.95. The van der Waals surface area contributed by atoms with Crippen LogP contribution >= 0.6 is 0 Å². The Balaban J connectivity index is 1.34. The van der Waals surface area contributed by atoms with Crippen LogP contribution in [0.25, 0.3) is 0 Å². The molecule has 1 saturated heterocycles. The molecule has 1 aromatic carbocycles. The van der Waals surface area contributed by atoms with Gasteiger partial charge in [-0.2, -0.15) is 0 Å². The number of imidazole rings is 1. The molecule has 1 aliphatic carbocycles. The number of carbonyl (C=O) groups excluding carboxylic acids is 2.